The van der Waals surface area contributed by atoms with Gasteiger partial charge in [0.2, 0.25) is 5.91 Å². The smallest absolute Gasteiger partial charge is 0.349 e. The van der Waals surface area contributed by atoms with E-state index in [4.69, 9.17) is 4.74 Å². The number of ether oxygens (including phenoxy) is 1. The van der Waals surface area contributed by atoms with Gasteiger partial charge < -0.3 is 10.1 Å². The van der Waals surface area contributed by atoms with Gasteiger partial charge in [0.1, 0.15) is 16.3 Å². The standard InChI is InChI=1S/C23H24N2O5S2/c1-15-6-9-18(10-7-15)25(14-21(26)24-19-13-16(2)5-8-17(19)3)32(28,29)20-11-12-31-22(20)23(27)30-4/h5-13H,14H2,1-4H3,(H,24,26). The molecule has 1 N–H and O–H groups in total. The summed E-state index contributed by atoms with van der Waals surface area (Å²) < 4.78 is 32.9. The van der Waals surface area contributed by atoms with Gasteiger partial charge in [-0.3, -0.25) is 9.10 Å². The van der Waals surface area contributed by atoms with Gasteiger partial charge in [-0.15, -0.1) is 11.3 Å². The Morgan fingerprint density at radius 3 is 2.31 bits per heavy atom. The van der Waals surface area contributed by atoms with E-state index in [1.807, 2.05) is 39.0 Å². The van der Waals surface area contributed by atoms with Crippen LogP contribution in [0.5, 0.6) is 0 Å². The van der Waals surface area contributed by atoms with Crippen molar-refractivity contribution in [2.24, 2.45) is 0 Å². The maximum absolute atomic E-state index is 13.6. The first-order valence-corrected chi connectivity index (χ1v) is 12.1. The first-order chi connectivity index (χ1) is 15.1. The lowest BCUT2D eigenvalue weighted by Gasteiger charge is -2.24. The molecule has 0 unspecified atom stereocenters. The Bertz CT molecular complexity index is 1250. The molecule has 0 spiro atoms. The number of amides is 1. The monoisotopic (exact) mass is 472 g/mol. The first-order valence-electron chi connectivity index (χ1n) is 9.76. The van der Waals surface area contributed by atoms with Crippen LogP contribution in [0.15, 0.2) is 58.8 Å². The van der Waals surface area contributed by atoms with E-state index in [0.717, 1.165) is 32.3 Å². The minimum Gasteiger partial charge on any atom is -0.465 e. The normalized spacial score (nSPS) is 11.1. The largest absolute Gasteiger partial charge is 0.465 e. The van der Waals surface area contributed by atoms with Crippen LogP contribution in [0.3, 0.4) is 0 Å². The zero-order chi connectivity index (χ0) is 23.5. The average Bonchev–Trinajstić information content (AvgIpc) is 3.26. The topological polar surface area (TPSA) is 92.8 Å². The zero-order valence-electron chi connectivity index (χ0n) is 18.2. The third-order valence-electron chi connectivity index (χ3n) is 4.84. The quantitative estimate of drug-likeness (QED) is 0.518. The van der Waals surface area contributed by atoms with Crippen LogP contribution < -0.4 is 9.62 Å². The number of rotatable bonds is 7. The lowest BCUT2D eigenvalue weighted by molar-refractivity contribution is -0.114. The van der Waals surface area contributed by atoms with Gasteiger partial charge in [-0.1, -0.05) is 29.8 Å². The molecule has 0 fully saturated rings. The molecule has 0 aliphatic carbocycles. The van der Waals surface area contributed by atoms with E-state index in [2.05, 4.69) is 5.32 Å². The summed E-state index contributed by atoms with van der Waals surface area (Å²) in [6.45, 7) is 5.18. The van der Waals surface area contributed by atoms with Gasteiger partial charge in [-0.25, -0.2) is 13.2 Å². The van der Waals surface area contributed by atoms with Crippen LogP contribution in [-0.2, 0) is 19.6 Å². The minimum absolute atomic E-state index is 0.0421. The fourth-order valence-electron chi connectivity index (χ4n) is 3.08. The third kappa shape index (κ3) is 5.00. The van der Waals surface area contributed by atoms with Crippen LogP contribution in [-0.4, -0.2) is 33.9 Å². The maximum atomic E-state index is 13.6. The Balaban J connectivity index is 2.00. The van der Waals surface area contributed by atoms with Crippen molar-refractivity contribution < 1.29 is 22.7 Å². The molecule has 0 bridgehead atoms. The van der Waals surface area contributed by atoms with E-state index in [1.54, 1.807) is 24.3 Å². The summed E-state index contributed by atoms with van der Waals surface area (Å²) in [4.78, 5) is 24.8. The van der Waals surface area contributed by atoms with Crippen molar-refractivity contribution in [3.63, 3.8) is 0 Å². The molecular weight excluding hydrogens is 448 g/mol. The molecule has 1 heterocycles. The highest BCUT2D eigenvalue weighted by molar-refractivity contribution is 7.93. The van der Waals surface area contributed by atoms with Crippen molar-refractivity contribution in [2.45, 2.75) is 25.7 Å². The second-order valence-electron chi connectivity index (χ2n) is 7.32. The Labute approximate surface area is 191 Å². The van der Waals surface area contributed by atoms with Crippen molar-refractivity contribution in [2.75, 3.05) is 23.3 Å². The number of esters is 1. The van der Waals surface area contributed by atoms with Gasteiger partial charge in [0.15, 0.2) is 0 Å². The summed E-state index contributed by atoms with van der Waals surface area (Å²) in [6, 6.07) is 13.8. The molecule has 1 amide bonds. The number of aryl methyl sites for hydroxylation is 3. The number of nitrogens with zero attached hydrogens (tertiary/aromatic N) is 1. The second-order valence-corrected chi connectivity index (χ2v) is 10.1. The highest BCUT2D eigenvalue weighted by Gasteiger charge is 2.32. The van der Waals surface area contributed by atoms with Crippen LogP contribution in [0.25, 0.3) is 0 Å². The molecule has 0 aliphatic heterocycles. The molecular formula is C23H24N2O5S2. The number of sulfonamides is 1. The Hall–Kier alpha value is -3.17. The average molecular weight is 473 g/mol. The van der Waals surface area contributed by atoms with E-state index < -0.39 is 28.4 Å². The van der Waals surface area contributed by atoms with Gasteiger partial charge in [0.25, 0.3) is 10.0 Å². The van der Waals surface area contributed by atoms with E-state index in [0.29, 0.717) is 11.4 Å². The van der Waals surface area contributed by atoms with Gasteiger partial charge >= 0.3 is 5.97 Å². The number of anilines is 2. The molecule has 0 atom stereocenters. The van der Waals surface area contributed by atoms with Gasteiger partial charge in [-0.05, 0) is 61.5 Å². The lowest BCUT2D eigenvalue weighted by Crippen LogP contribution is -2.38. The summed E-state index contributed by atoms with van der Waals surface area (Å²) in [5, 5.41) is 4.30. The van der Waals surface area contributed by atoms with Crippen molar-refractivity contribution in [1.82, 2.24) is 0 Å². The number of carbonyl (C=O) groups is 2. The van der Waals surface area contributed by atoms with Crippen LogP contribution in [0, 0.1) is 20.8 Å². The molecule has 3 aromatic rings. The number of hydrogen-bond acceptors (Lipinski definition) is 6. The number of hydrogen-bond donors (Lipinski definition) is 1. The van der Waals surface area contributed by atoms with E-state index in [9.17, 15) is 18.0 Å². The van der Waals surface area contributed by atoms with Crippen molar-refractivity contribution >= 4 is 44.6 Å². The molecule has 0 aliphatic rings. The molecule has 168 valence electrons. The van der Waals surface area contributed by atoms with Gasteiger partial charge in [-0.2, -0.15) is 0 Å². The number of nitrogens with one attached hydrogen (secondary N) is 1. The van der Waals surface area contributed by atoms with Gasteiger partial charge in [0, 0.05) is 5.69 Å². The Morgan fingerprint density at radius 1 is 1.00 bits per heavy atom. The van der Waals surface area contributed by atoms with E-state index in [1.165, 1.54) is 18.6 Å². The van der Waals surface area contributed by atoms with E-state index in [-0.39, 0.29) is 9.77 Å². The summed E-state index contributed by atoms with van der Waals surface area (Å²) >= 11 is 0.968. The lowest BCUT2D eigenvalue weighted by atomic mass is 10.1. The van der Waals surface area contributed by atoms with Crippen molar-refractivity contribution in [3.05, 3.63) is 75.5 Å². The summed E-state index contributed by atoms with van der Waals surface area (Å²) in [5.41, 5.74) is 3.70. The van der Waals surface area contributed by atoms with Crippen LogP contribution in [0.1, 0.15) is 26.4 Å². The fourth-order valence-corrected chi connectivity index (χ4v) is 5.81. The summed E-state index contributed by atoms with van der Waals surface area (Å²) in [7, 11) is -3.04. The van der Waals surface area contributed by atoms with Crippen LogP contribution in [0.2, 0.25) is 0 Å². The minimum atomic E-state index is -4.23. The number of benzene rings is 2. The predicted octanol–water partition coefficient (Wildman–Crippen LogP) is 4.29. The molecule has 9 heteroatoms. The molecule has 32 heavy (non-hydrogen) atoms. The highest BCUT2D eigenvalue weighted by atomic mass is 32.2. The predicted molar refractivity (Wildman–Crippen MR) is 126 cm³/mol. The van der Waals surface area contributed by atoms with Crippen molar-refractivity contribution in [3.8, 4) is 0 Å². The zero-order valence-corrected chi connectivity index (χ0v) is 19.8. The Kier molecular flexibility index (Phi) is 7.00. The SMILES string of the molecule is COC(=O)c1sccc1S(=O)(=O)N(CC(=O)Nc1cc(C)ccc1C)c1ccc(C)cc1. The molecule has 0 radical (unpaired) electrons. The highest BCUT2D eigenvalue weighted by Crippen LogP contribution is 2.30. The molecule has 0 saturated heterocycles. The fraction of sp³-hybridized carbons (Fsp3) is 0.217. The molecule has 0 saturated carbocycles. The maximum Gasteiger partial charge on any atom is 0.349 e. The second kappa shape index (κ2) is 9.54. The number of carbonyl (C=O) groups excluding carboxylic acids is 2. The molecule has 2 aromatic carbocycles. The van der Waals surface area contributed by atoms with Gasteiger partial charge in [0.05, 0.1) is 12.8 Å². The number of thiophene rings is 1. The van der Waals surface area contributed by atoms with Crippen LogP contribution >= 0.6 is 11.3 Å². The first kappa shape index (κ1) is 23.5. The van der Waals surface area contributed by atoms with Crippen molar-refractivity contribution in [1.29, 1.82) is 0 Å². The molecule has 1 aromatic heterocycles. The number of methoxy groups -OCH3 is 1. The molecule has 3 rings (SSSR count). The third-order valence-corrected chi connectivity index (χ3v) is 7.68. The van der Waals surface area contributed by atoms with E-state index >= 15 is 0 Å². The molecule has 7 nitrogen and oxygen atoms in total. The summed E-state index contributed by atoms with van der Waals surface area (Å²) in [6.07, 6.45) is 0. The Morgan fingerprint density at radius 2 is 1.66 bits per heavy atom. The summed E-state index contributed by atoms with van der Waals surface area (Å²) in [5.74, 6) is -1.25. The van der Waals surface area contributed by atoms with Crippen LogP contribution in [0.4, 0.5) is 11.4 Å².